The van der Waals surface area contributed by atoms with Crippen LogP contribution in [0, 0.1) is 5.41 Å². The number of hydrogen-bond acceptors (Lipinski definition) is 3. The topological polar surface area (TPSA) is 58.3 Å². The summed E-state index contributed by atoms with van der Waals surface area (Å²) in [6.07, 6.45) is 5.43. The number of nitrogens with zero attached hydrogens (tertiary/aromatic N) is 5. The van der Waals surface area contributed by atoms with Crippen LogP contribution < -0.4 is 5.32 Å². The number of guanidine groups is 1. The van der Waals surface area contributed by atoms with E-state index in [4.69, 9.17) is 0 Å². The number of halogens is 1. The molecule has 3 rings (SSSR count). The third-order valence-electron chi connectivity index (χ3n) is 5.51. The lowest BCUT2D eigenvalue weighted by Gasteiger charge is -2.27. The normalized spacial score (nSPS) is 16.4. The van der Waals surface area contributed by atoms with Crippen LogP contribution in [0.5, 0.6) is 0 Å². The van der Waals surface area contributed by atoms with E-state index >= 15 is 0 Å². The molecule has 26 heavy (non-hydrogen) atoms. The largest absolute Gasteiger partial charge is 0.349 e. The number of likely N-dealkylation sites (tertiary alicyclic amines) is 1. The summed E-state index contributed by atoms with van der Waals surface area (Å²) in [7, 11) is 1.85. The molecule has 142 valence electrons. The predicted molar refractivity (Wildman–Crippen MR) is 116 cm³/mol. The van der Waals surface area contributed by atoms with Crippen molar-refractivity contribution in [3.8, 4) is 5.69 Å². The average molecular weight is 468 g/mol. The molecule has 1 aliphatic rings. The highest BCUT2D eigenvalue weighted by Crippen LogP contribution is 2.36. The first kappa shape index (κ1) is 20.7. The van der Waals surface area contributed by atoms with Crippen LogP contribution in [0.1, 0.15) is 38.9 Å². The van der Waals surface area contributed by atoms with E-state index in [2.05, 4.69) is 51.4 Å². The number of aliphatic imine (C=N–C) groups is 1. The Hall–Kier alpha value is -1.64. The van der Waals surface area contributed by atoms with Gasteiger partial charge in [0.1, 0.15) is 6.33 Å². The van der Waals surface area contributed by atoms with Crippen molar-refractivity contribution in [2.24, 2.45) is 10.4 Å². The van der Waals surface area contributed by atoms with Gasteiger partial charge in [-0.2, -0.15) is 0 Å². The quantitative estimate of drug-likeness (QED) is 0.415. The third-order valence-corrected chi connectivity index (χ3v) is 5.51. The molecule has 0 unspecified atom stereocenters. The van der Waals surface area contributed by atoms with Gasteiger partial charge in [-0.05, 0) is 36.8 Å². The van der Waals surface area contributed by atoms with Gasteiger partial charge < -0.3 is 10.2 Å². The van der Waals surface area contributed by atoms with E-state index in [1.165, 1.54) is 19.3 Å². The van der Waals surface area contributed by atoms with E-state index in [-0.39, 0.29) is 24.0 Å². The maximum Gasteiger partial charge on any atom is 0.194 e. The highest BCUT2D eigenvalue weighted by Gasteiger charge is 2.36. The predicted octanol–water partition coefficient (Wildman–Crippen LogP) is 3.47. The summed E-state index contributed by atoms with van der Waals surface area (Å²) in [6.45, 7) is 7.33. The Bertz CT molecular complexity index is 708. The molecule has 0 saturated carbocycles. The minimum atomic E-state index is 0. The summed E-state index contributed by atoms with van der Waals surface area (Å²) in [5, 5.41) is 11.8. The van der Waals surface area contributed by atoms with Gasteiger partial charge in [0.25, 0.3) is 0 Å². The summed E-state index contributed by atoms with van der Waals surface area (Å²) >= 11 is 0. The minimum absolute atomic E-state index is 0. The van der Waals surface area contributed by atoms with Gasteiger partial charge in [0.05, 0.1) is 6.54 Å². The van der Waals surface area contributed by atoms with Crippen molar-refractivity contribution in [3.63, 3.8) is 0 Å². The Balaban J connectivity index is 0.00000243. The van der Waals surface area contributed by atoms with Gasteiger partial charge in [-0.1, -0.05) is 32.0 Å². The van der Waals surface area contributed by atoms with Crippen molar-refractivity contribution in [1.29, 1.82) is 0 Å². The molecule has 1 aromatic carbocycles. The molecule has 1 aromatic heterocycles. The molecule has 2 heterocycles. The van der Waals surface area contributed by atoms with Crippen LogP contribution in [0.2, 0.25) is 0 Å². The van der Waals surface area contributed by atoms with Crippen LogP contribution in [-0.2, 0) is 6.54 Å². The molecule has 0 aliphatic carbocycles. The van der Waals surface area contributed by atoms with E-state index in [9.17, 15) is 0 Å². The Morgan fingerprint density at radius 3 is 2.58 bits per heavy atom. The van der Waals surface area contributed by atoms with Crippen molar-refractivity contribution in [3.05, 3.63) is 42.5 Å². The Morgan fingerprint density at radius 1 is 1.23 bits per heavy atom. The van der Waals surface area contributed by atoms with Crippen molar-refractivity contribution < 1.29 is 0 Å². The molecule has 1 fully saturated rings. The van der Waals surface area contributed by atoms with E-state index in [0.29, 0.717) is 12.0 Å². The average Bonchev–Trinajstić information content (AvgIpc) is 3.31. The van der Waals surface area contributed by atoms with Crippen molar-refractivity contribution in [2.45, 2.75) is 39.7 Å². The highest BCUT2D eigenvalue weighted by atomic mass is 127. The molecule has 0 radical (unpaired) electrons. The number of rotatable bonds is 5. The Morgan fingerprint density at radius 2 is 1.96 bits per heavy atom. The van der Waals surface area contributed by atoms with Crippen LogP contribution in [0.15, 0.2) is 41.7 Å². The fraction of sp³-hybridized carbons (Fsp3) is 0.526. The maximum absolute atomic E-state index is 4.48. The first-order chi connectivity index (χ1) is 12.2. The fourth-order valence-electron chi connectivity index (χ4n) is 3.62. The van der Waals surface area contributed by atoms with Gasteiger partial charge in [0.15, 0.2) is 11.8 Å². The molecule has 0 spiro atoms. The zero-order valence-electron chi connectivity index (χ0n) is 15.9. The highest BCUT2D eigenvalue weighted by molar-refractivity contribution is 14.0. The second-order valence-electron chi connectivity index (χ2n) is 6.73. The molecule has 1 N–H and O–H groups in total. The molecule has 2 aromatic rings. The first-order valence-corrected chi connectivity index (χ1v) is 9.11. The van der Waals surface area contributed by atoms with Crippen molar-refractivity contribution in [2.75, 3.05) is 20.1 Å². The summed E-state index contributed by atoms with van der Waals surface area (Å²) in [5.41, 5.74) is 1.50. The minimum Gasteiger partial charge on any atom is -0.349 e. The van der Waals surface area contributed by atoms with Crippen molar-refractivity contribution >= 4 is 29.9 Å². The summed E-state index contributed by atoms with van der Waals surface area (Å²) in [5.74, 6) is 1.83. The number of benzene rings is 1. The SMILES string of the molecule is CCC1(CC)CCN(C(=NC)NCc2nncn2-c2ccccc2)C1.I. The van der Waals surface area contributed by atoms with Crippen molar-refractivity contribution in [1.82, 2.24) is 25.0 Å². The molecule has 1 saturated heterocycles. The lowest BCUT2D eigenvalue weighted by Crippen LogP contribution is -2.41. The van der Waals surface area contributed by atoms with Crippen LogP contribution in [0.3, 0.4) is 0 Å². The zero-order valence-corrected chi connectivity index (χ0v) is 18.2. The van der Waals surface area contributed by atoms with E-state index in [1.54, 1.807) is 6.33 Å². The number of aromatic nitrogens is 3. The molecule has 6 nitrogen and oxygen atoms in total. The number of hydrogen-bond donors (Lipinski definition) is 1. The molecule has 7 heteroatoms. The van der Waals surface area contributed by atoms with Gasteiger partial charge >= 0.3 is 0 Å². The fourth-order valence-corrected chi connectivity index (χ4v) is 3.62. The van der Waals surface area contributed by atoms with Gasteiger partial charge in [-0.25, -0.2) is 0 Å². The Kier molecular flexibility index (Phi) is 7.43. The standard InChI is InChI=1S/C19H28N6.HI/c1-4-19(5-2)11-12-24(14-19)18(20-3)21-13-17-23-22-15-25(17)16-9-7-6-8-10-16;/h6-10,15H,4-5,11-14H2,1-3H3,(H,20,21);1H. The van der Waals surface area contributed by atoms with Crippen LogP contribution in [0.4, 0.5) is 0 Å². The third kappa shape index (κ3) is 4.36. The first-order valence-electron chi connectivity index (χ1n) is 9.11. The van der Waals surface area contributed by atoms with Crippen LogP contribution >= 0.6 is 24.0 Å². The molecule has 0 amide bonds. The van der Waals surface area contributed by atoms with E-state index < -0.39 is 0 Å². The van der Waals surface area contributed by atoms with Gasteiger partial charge in [0, 0.05) is 25.8 Å². The second kappa shape index (κ2) is 9.34. The van der Waals surface area contributed by atoms with Crippen LogP contribution in [-0.4, -0.2) is 45.8 Å². The zero-order chi connectivity index (χ0) is 17.7. The smallest absolute Gasteiger partial charge is 0.194 e. The number of nitrogens with one attached hydrogen (secondary N) is 1. The van der Waals surface area contributed by atoms with E-state index in [0.717, 1.165) is 30.6 Å². The van der Waals surface area contributed by atoms with Gasteiger partial charge in [-0.15, -0.1) is 34.2 Å². The lowest BCUT2D eigenvalue weighted by molar-refractivity contribution is 0.276. The maximum atomic E-state index is 4.48. The summed E-state index contributed by atoms with van der Waals surface area (Å²) in [6, 6.07) is 10.2. The molecule has 0 bridgehead atoms. The van der Waals surface area contributed by atoms with Gasteiger partial charge in [0.2, 0.25) is 0 Å². The molecular weight excluding hydrogens is 439 g/mol. The number of para-hydroxylation sites is 1. The summed E-state index contributed by atoms with van der Waals surface area (Å²) in [4.78, 5) is 6.85. The van der Waals surface area contributed by atoms with E-state index in [1.807, 2.05) is 29.8 Å². The summed E-state index contributed by atoms with van der Waals surface area (Å²) < 4.78 is 2.01. The second-order valence-corrected chi connectivity index (χ2v) is 6.73. The lowest BCUT2D eigenvalue weighted by atomic mass is 9.82. The van der Waals surface area contributed by atoms with Crippen LogP contribution in [0.25, 0.3) is 5.69 Å². The molecule has 0 atom stereocenters. The molecule has 1 aliphatic heterocycles. The Labute approximate surface area is 173 Å². The monoisotopic (exact) mass is 468 g/mol. The molecular formula is C19H29IN6. The van der Waals surface area contributed by atoms with Gasteiger partial charge in [-0.3, -0.25) is 9.56 Å².